The Bertz CT molecular complexity index is 276. The molecule has 1 heterocycles. The molecule has 0 aliphatic carbocycles. The van der Waals surface area contributed by atoms with E-state index in [9.17, 15) is 0 Å². The lowest BCUT2D eigenvalue weighted by molar-refractivity contribution is 0.330. The summed E-state index contributed by atoms with van der Waals surface area (Å²) in [4.78, 5) is 7.23. The fourth-order valence-electron chi connectivity index (χ4n) is 2.71. The molecule has 4 nitrogen and oxygen atoms in total. The van der Waals surface area contributed by atoms with E-state index in [0.29, 0.717) is 0 Å². The molecule has 1 fully saturated rings. The second-order valence-electron chi connectivity index (χ2n) is 6.48. The Balaban J connectivity index is 0.00000441. The summed E-state index contributed by atoms with van der Waals surface area (Å²) in [6, 6.07) is 0. The maximum absolute atomic E-state index is 4.64. The lowest BCUT2D eigenvalue weighted by Crippen LogP contribution is -2.38. The highest BCUT2D eigenvalue weighted by atomic mass is 127. The molecule has 1 rings (SSSR count). The lowest BCUT2D eigenvalue weighted by atomic mass is 10.1. The molecule has 0 radical (unpaired) electrons. The highest BCUT2D eigenvalue weighted by molar-refractivity contribution is 14.0. The molecule has 22 heavy (non-hydrogen) atoms. The van der Waals surface area contributed by atoms with Gasteiger partial charge in [0, 0.05) is 19.6 Å². The van der Waals surface area contributed by atoms with Crippen molar-refractivity contribution < 1.29 is 0 Å². The van der Waals surface area contributed by atoms with Gasteiger partial charge in [-0.15, -0.1) is 24.0 Å². The van der Waals surface area contributed by atoms with E-state index in [1.54, 1.807) is 0 Å². The molecule has 0 aromatic rings. The third kappa shape index (κ3) is 11.5. The number of halogens is 1. The number of hydrogen-bond acceptors (Lipinski definition) is 2. The summed E-state index contributed by atoms with van der Waals surface area (Å²) in [6.45, 7) is 13.5. The zero-order valence-corrected chi connectivity index (χ0v) is 17.2. The monoisotopic (exact) mass is 424 g/mol. The van der Waals surface area contributed by atoms with Crippen LogP contribution in [0.15, 0.2) is 4.99 Å². The minimum absolute atomic E-state index is 0. The highest BCUT2D eigenvalue weighted by Crippen LogP contribution is 2.07. The molecule has 0 saturated carbocycles. The molecule has 0 unspecified atom stereocenters. The van der Waals surface area contributed by atoms with Gasteiger partial charge in [0.2, 0.25) is 0 Å². The average Bonchev–Trinajstić information content (AvgIpc) is 2.96. The normalized spacial score (nSPS) is 15.9. The summed E-state index contributed by atoms with van der Waals surface area (Å²) in [6.07, 6.45) is 7.76. The van der Waals surface area contributed by atoms with Crippen LogP contribution in [0.25, 0.3) is 0 Å². The molecule has 0 atom stereocenters. The molecule has 0 amide bonds. The summed E-state index contributed by atoms with van der Waals surface area (Å²) in [5, 5.41) is 6.79. The third-order valence-corrected chi connectivity index (χ3v) is 3.95. The number of nitrogens with zero attached hydrogens (tertiary/aromatic N) is 2. The number of guanidine groups is 1. The van der Waals surface area contributed by atoms with E-state index in [4.69, 9.17) is 0 Å². The molecule has 0 bridgehead atoms. The van der Waals surface area contributed by atoms with Gasteiger partial charge in [0.1, 0.15) is 0 Å². The van der Waals surface area contributed by atoms with E-state index in [2.05, 4.69) is 41.3 Å². The quantitative estimate of drug-likeness (QED) is 0.244. The summed E-state index contributed by atoms with van der Waals surface area (Å²) >= 11 is 0. The molecule has 1 aliphatic rings. The molecule has 2 N–H and O–H groups in total. The van der Waals surface area contributed by atoms with Gasteiger partial charge in [-0.05, 0) is 71.0 Å². The Morgan fingerprint density at radius 3 is 2.45 bits per heavy atom. The molecule has 0 aromatic heterocycles. The van der Waals surface area contributed by atoms with E-state index in [0.717, 1.165) is 31.5 Å². The van der Waals surface area contributed by atoms with Gasteiger partial charge < -0.3 is 15.5 Å². The summed E-state index contributed by atoms with van der Waals surface area (Å²) < 4.78 is 0. The fraction of sp³-hybridized carbons (Fsp3) is 0.941. The van der Waals surface area contributed by atoms with Crippen LogP contribution in [0.1, 0.15) is 59.3 Å². The van der Waals surface area contributed by atoms with Crippen molar-refractivity contribution in [3.63, 3.8) is 0 Å². The van der Waals surface area contributed by atoms with Crippen LogP contribution < -0.4 is 10.6 Å². The second-order valence-corrected chi connectivity index (χ2v) is 6.48. The predicted molar refractivity (Wildman–Crippen MR) is 108 cm³/mol. The van der Waals surface area contributed by atoms with Gasteiger partial charge in [-0.1, -0.05) is 13.8 Å². The van der Waals surface area contributed by atoms with Crippen molar-refractivity contribution in [2.75, 3.05) is 39.3 Å². The van der Waals surface area contributed by atoms with Crippen molar-refractivity contribution >= 4 is 29.9 Å². The Morgan fingerprint density at radius 2 is 1.82 bits per heavy atom. The molecule has 5 heteroatoms. The number of hydrogen-bond donors (Lipinski definition) is 2. The van der Waals surface area contributed by atoms with E-state index >= 15 is 0 Å². The van der Waals surface area contributed by atoms with Gasteiger partial charge >= 0.3 is 0 Å². The summed E-state index contributed by atoms with van der Waals surface area (Å²) in [5.74, 6) is 1.77. The molecular formula is C17H37IN4. The summed E-state index contributed by atoms with van der Waals surface area (Å²) in [5.41, 5.74) is 0. The predicted octanol–water partition coefficient (Wildman–Crippen LogP) is 3.47. The molecule has 0 spiro atoms. The first-order chi connectivity index (χ1) is 10.2. The standard InChI is InChI=1S/C17H36N4.HI/c1-4-18-17(20-12-9-10-16(2)3)19-11-5-6-13-21-14-7-8-15-21;/h16H,4-15H2,1-3H3,(H2,18,19,20);1H. The van der Waals surface area contributed by atoms with Gasteiger partial charge in [-0.25, -0.2) is 0 Å². The van der Waals surface area contributed by atoms with Crippen molar-refractivity contribution in [2.45, 2.75) is 59.3 Å². The average molecular weight is 424 g/mol. The van der Waals surface area contributed by atoms with E-state index in [-0.39, 0.29) is 24.0 Å². The smallest absolute Gasteiger partial charge is 0.191 e. The van der Waals surface area contributed by atoms with Gasteiger partial charge in [0.05, 0.1) is 0 Å². The first-order valence-electron chi connectivity index (χ1n) is 8.97. The Kier molecular flexibility index (Phi) is 14.5. The number of aliphatic imine (C=N–C) groups is 1. The maximum Gasteiger partial charge on any atom is 0.191 e. The molecule has 1 aliphatic heterocycles. The minimum Gasteiger partial charge on any atom is -0.357 e. The van der Waals surface area contributed by atoms with Crippen LogP contribution in [-0.2, 0) is 0 Å². The Labute approximate surface area is 154 Å². The Morgan fingerprint density at radius 1 is 1.09 bits per heavy atom. The van der Waals surface area contributed by atoms with Crippen LogP contribution >= 0.6 is 24.0 Å². The number of unbranched alkanes of at least 4 members (excludes halogenated alkanes) is 1. The van der Waals surface area contributed by atoms with Crippen molar-refractivity contribution in [1.29, 1.82) is 0 Å². The third-order valence-electron chi connectivity index (χ3n) is 3.95. The molecule has 1 saturated heterocycles. The topological polar surface area (TPSA) is 39.7 Å². The van der Waals surface area contributed by atoms with Gasteiger partial charge in [0.15, 0.2) is 5.96 Å². The molecule has 132 valence electrons. The first-order valence-corrected chi connectivity index (χ1v) is 8.97. The molecule has 0 aromatic carbocycles. The van der Waals surface area contributed by atoms with E-state index in [1.807, 2.05) is 0 Å². The maximum atomic E-state index is 4.64. The highest BCUT2D eigenvalue weighted by Gasteiger charge is 2.09. The number of likely N-dealkylation sites (tertiary alicyclic amines) is 1. The number of rotatable bonds is 10. The SMILES string of the molecule is CCNC(=NCCCC(C)C)NCCCCN1CCCC1.I. The van der Waals surface area contributed by atoms with Crippen molar-refractivity contribution in [2.24, 2.45) is 10.9 Å². The lowest BCUT2D eigenvalue weighted by Gasteiger charge is -2.15. The van der Waals surface area contributed by atoms with Crippen molar-refractivity contribution in [1.82, 2.24) is 15.5 Å². The first kappa shape index (κ1) is 22.0. The molecular weight excluding hydrogens is 387 g/mol. The Hall–Kier alpha value is -0.0400. The van der Waals surface area contributed by atoms with Crippen LogP contribution in [0.2, 0.25) is 0 Å². The van der Waals surface area contributed by atoms with Crippen molar-refractivity contribution in [3.8, 4) is 0 Å². The van der Waals surface area contributed by atoms with Crippen LogP contribution in [0.5, 0.6) is 0 Å². The van der Waals surface area contributed by atoms with Crippen LogP contribution in [0.4, 0.5) is 0 Å². The van der Waals surface area contributed by atoms with Gasteiger partial charge in [0.25, 0.3) is 0 Å². The van der Waals surface area contributed by atoms with Crippen molar-refractivity contribution in [3.05, 3.63) is 0 Å². The largest absolute Gasteiger partial charge is 0.357 e. The second kappa shape index (κ2) is 14.5. The fourth-order valence-corrected chi connectivity index (χ4v) is 2.71. The van der Waals surface area contributed by atoms with Crippen LogP contribution in [-0.4, -0.2) is 50.1 Å². The zero-order chi connectivity index (χ0) is 15.3. The zero-order valence-electron chi connectivity index (χ0n) is 14.9. The van der Waals surface area contributed by atoms with Crippen LogP contribution in [0.3, 0.4) is 0 Å². The van der Waals surface area contributed by atoms with Gasteiger partial charge in [-0.2, -0.15) is 0 Å². The van der Waals surface area contributed by atoms with E-state index < -0.39 is 0 Å². The van der Waals surface area contributed by atoms with Gasteiger partial charge in [-0.3, -0.25) is 4.99 Å². The number of nitrogens with one attached hydrogen (secondary N) is 2. The van der Waals surface area contributed by atoms with Crippen LogP contribution in [0, 0.1) is 5.92 Å². The minimum atomic E-state index is 0. The van der Waals surface area contributed by atoms with E-state index in [1.165, 1.54) is 58.2 Å². The summed E-state index contributed by atoms with van der Waals surface area (Å²) in [7, 11) is 0.